The number of aromatic hydroxyl groups is 2. The van der Waals surface area contributed by atoms with Crippen LogP contribution in [0.15, 0.2) is 46.0 Å². The molecule has 0 fully saturated rings. The van der Waals surface area contributed by atoms with Gasteiger partial charge in [0, 0.05) is 0 Å². The zero-order valence-electron chi connectivity index (χ0n) is 15.7. The van der Waals surface area contributed by atoms with Crippen molar-refractivity contribution in [3.63, 3.8) is 0 Å². The highest BCUT2D eigenvalue weighted by molar-refractivity contribution is 5.38. The van der Waals surface area contributed by atoms with Crippen LogP contribution in [0.4, 0.5) is 0 Å². The van der Waals surface area contributed by atoms with Gasteiger partial charge in [0.1, 0.15) is 0 Å². The first-order valence-electron chi connectivity index (χ1n) is 8.93. The molecule has 0 radical (unpaired) electrons. The summed E-state index contributed by atoms with van der Waals surface area (Å²) in [4.78, 5) is 24.2. The molecule has 0 unspecified atom stereocenters. The van der Waals surface area contributed by atoms with Crippen LogP contribution >= 0.6 is 0 Å². The van der Waals surface area contributed by atoms with Crippen LogP contribution in [0.2, 0.25) is 0 Å². The summed E-state index contributed by atoms with van der Waals surface area (Å²) in [6.07, 6.45) is 0.697. The first-order chi connectivity index (χ1) is 12.2. The molecule has 0 amide bonds. The number of hydrogen-bond acceptors (Lipinski definition) is 4. The van der Waals surface area contributed by atoms with Crippen LogP contribution in [0.3, 0.4) is 0 Å². The molecule has 0 aliphatic rings. The van der Waals surface area contributed by atoms with Crippen LogP contribution < -0.4 is 10.9 Å². The molecule has 26 heavy (non-hydrogen) atoms. The summed E-state index contributed by atoms with van der Waals surface area (Å²) in [5, 5.41) is 20.4. The van der Waals surface area contributed by atoms with Crippen molar-refractivity contribution in [3.05, 3.63) is 79.1 Å². The van der Waals surface area contributed by atoms with Gasteiger partial charge in [0.15, 0.2) is 11.5 Å². The summed E-state index contributed by atoms with van der Waals surface area (Å²) in [6, 6.07) is 10.1. The van der Waals surface area contributed by atoms with E-state index in [1.807, 2.05) is 39.8 Å². The average Bonchev–Trinajstić information content (AvgIpc) is 2.81. The lowest BCUT2D eigenvalue weighted by Gasteiger charge is -2.02. The second-order valence-electron chi connectivity index (χ2n) is 7.24. The zero-order chi connectivity index (χ0) is 19.4. The maximum absolute atomic E-state index is 12.1. The van der Waals surface area contributed by atoms with Gasteiger partial charge in [0.2, 0.25) is 10.9 Å². The van der Waals surface area contributed by atoms with Gasteiger partial charge < -0.3 is 10.2 Å². The monoisotopic (exact) mass is 354 g/mol. The van der Waals surface area contributed by atoms with E-state index < -0.39 is 10.9 Å². The third-order valence-electron chi connectivity index (χ3n) is 4.62. The minimum atomic E-state index is -0.414. The van der Waals surface area contributed by atoms with Crippen molar-refractivity contribution in [2.75, 3.05) is 0 Å². The van der Waals surface area contributed by atoms with Gasteiger partial charge >= 0.3 is 0 Å². The van der Waals surface area contributed by atoms with Crippen LogP contribution in [0.25, 0.3) is 0 Å². The Bertz CT molecular complexity index is 838. The summed E-state index contributed by atoms with van der Waals surface area (Å²) in [6.45, 7) is 7.93. The van der Waals surface area contributed by atoms with E-state index in [4.69, 9.17) is 0 Å². The molecule has 0 saturated heterocycles. The van der Waals surface area contributed by atoms with E-state index >= 15 is 0 Å². The molecule has 0 atom stereocenters. The quantitative estimate of drug-likeness (QED) is 0.855. The van der Waals surface area contributed by atoms with Crippen LogP contribution in [-0.2, 0) is 12.8 Å². The van der Waals surface area contributed by atoms with E-state index in [0.717, 1.165) is 11.1 Å². The van der Waals surface area contributed by atoms with Crippen molar-refractivity contribution in [1.29, 1.82) is 0 Å². The molecule has 2 rings (SSSR count). The highest BCUT2D eigenvalue weighted by Gasteiger charge is 2.10. The molecular formula is C22H26O4. The highest BCUT2D eigenvalue weighted by Crippen LogP contribution is 2.21. The second-order valence-corrected chi connectivity index (χ2v) is 7.24. The van der Waals surface area contributed by atoms with Crippen LogP contribution in [0, 0.1) is 0 Å². The summed E-state index contributed by atoms with van der Waals surface area (Å²) in [5.74, 6) is -0.196. The molecule has 0 aromatic heterocycles. The van der Waals surface area contributed by atoms with Crippen molar-refractivity contribution in [1.82, 2.24) is 0 Å². The molecule has 4 heteroatoms. The molecule has 4 nitrogen and oxygen atoms in total. The standard InChI is InChI=1S/C22H26O4/c1-13(2)17-9-7-15(21(25)19(23)11-17)5-6-16-8-10-18(14(3)4)12-20(24)22(16)26/h7-14H,5-6H2,1-4H3,(H,23,25)(H,24,26). The van der Waals surface area contributed by atoms with Gasteiger partial charge in [-0.05, 0) is 59.1 Å². The minimum absolute atomic E-state index is 0.178. The van der Waals surface area contributed by atoms with E-state index in [9.17, 15) is 19.8 Å². The van der Waals surface area contributed by atoms with Crippen LogP contribution in [-0.4, -0.2) is 10.2 Å². The van der Waals surface area contributed by atoms with Gasteiger partial charge in [-0.2, -0.15) is 0 Å². The Kier molecular flexibility index (Phi) is 6.19. The molecule has 0 aliphatic carbocycles. The summed E-state index contributed by atoms with van der Waals surface area (Å²) in [7, 11) is 0. The fourth-order valence-corrected chi connectivity index (χ4v) is 2.79. The zero-order valence-corrected chi connectivity index (χ0v) is 15.7. The predicted octanol–water partition coefficient (Wildman–Crippen LogP) is 3.85. The Morgan fingerprint density at radius 1 is 0.692 bits per heavy atom. The minimum Gasteiger partial charge on any atom is -0.504 e. The van der Waals surface area contributed by atoms with Crippen molar-refractivity contribution in [2.45, 2.75) is 52.4 Å². The first-order valence-corrected chi connectivity index (χ1v) is 8.93. The van der Waals surface area contributed by atoms with E-state index in [0.29, 0.717) is 24.0 Å². The van der Waals surface area contributed by atoms with Gasteiger partial charge in [-0.25, -0.2) is 0 Å². The Labute approximate surface area is 153 Å². The van der Waals surface area contributed by atoms with Crippen molar-refractivity contribution < 1.29 is 10.2 Å². The lowest BCUT2D eigenvalue weighted by molar-refractivity contribution is 0.458. The molecule has 2 aromatic rings. The van der Waals surface area contributed by atoms with E-state index in [2.05, 4.69) is 0 Å². The molecule has 0 heterocycles. The number of hydrogen-bond donors (Lipinski definition) is 2. The lowest BCUT2D eigenvalue weighted by Crippen LogP contribution is -2.02. The molecule has 0 saturated carbocycles. The summed E-state index contributed by atoms with van der Waals surface area (Å²) < 4.78 is 0. The molecule has 0 spiro atoms. The Balaban J connectivity index is 2.38. The SMILES string of the molecule is CC(C)c1ccc(CCc2ccc(C(C)C)cc(=O)c2O)c(O)c(=O)c1. The fraction of sp³-hybridized carbons (Fsp3) is 0.364. The molecule has 2 N–H and O–H groups in total. The maximum atomic E-state index is 12.1. The van der Waals surface area contributed by atoms with Crippen LogP contribution in [0.1, 0.15) is 61.8 Å². The smallest absolute Gasteiger partial charge is 0.220 e. The Hall–Kier alpha value is -2.62. The third-order valence-corrected chi connectivity index (χ3v) is 4.62. The van der Waals surface area contributed by atoms with Crippen molar-refractivity contribution >= 4 is 0 Å². The fourth-order valence-electron chi connectivity index (χ4n) is 2.79. The topological polar surface area (TPSA) is 74.6 Å². The van der Waals surface area contributed by atoms with Crippen molar-refractivity contribution in [3.8, 4) is 11.5 Å². The van der Waals surface area contributed by atoms with Gasteiger partial charge in [-0.3, -0.25) is 9.59 Å². The van der Waals surface area contributed by atoms with Crippen molar-refractivity contribution in [2.24, 2.45) is 0 Å². The third kappa shape index (κ3) is 4.51. The highest BCUT2D eigenvalue weighted by atomic mass is 16.3. The van der Waals surface area contributed by atoms with Gasteiger partial charge in [0.25, 0.3) is 0 Å². The largest absolute Gasteiger partial charge is 0.504 e. The predicted molar refractivity (Wildman–Crippen MR) is 104 cm³/mol. The van der Waals surface area contributed by atoms with E-state index in [1.165, 1.54) is 12.1 Å². The molecular weight excluding hydrogens is 328 g/mol. The first kappa shape index (κ1) is 19.7. The number of rotatable bonds is 5. The number of aryl methyl sites for hydroxylation is 2. The Morgan fingerprint density at radius 3 is 1.35 bits per heavy atom. The van der Waals surface area contributed by atoms with Gasteiger partial charge in [-0.1, -0.05) is 52.0 Å². The average molecular weight is 354 g/mol. The molecule has 0 bridgehead atoms. The van der Waals surface area contributed by atoms with Crippen LogP contribution in [0.5, 0.6) is 11.5 Å². The van der Waals surface area contributed by atoms with E-state index in [1.54, 1.807) is 12.1 Å². The summed E-state index contributed by atoms with van der Waals surface area (Å²) >= 11 is 0. The second kappa shape index (κ2) is 8.17. The molecule has 0 aliphatic heterocycles. The maximum Gasteiger partial charge on any atom is 0.220 e. The lowest BCUT2D eigenvalue weighted by atomic mass is 10.0. The normalized spacial score (nSPS) is 11.2. The summed E-state index contributed by atoms with van der Waals surface area (Å²) in [5.41, 5.74) is 1.89. The van der Waals surface area contributed by atoms with Gasteiger partial charge in [-0.15, -0.1) is 0 Å². The molecule has 138 valence electrons. The molecule has 2 aromatic carbocycles. The van der Waals surface area contributed by atoms with E-state index in [-0.39, 0.29) is 23.3 Å². The van der Waals surface area contributed by atoms with Gasteiger partial charge in [0.05, 0.1) is 0 Å². The Morgan fingerprint density at radius 2 is 1.04 bits per heavy atom.